The third kappa shape index (κ3) is 3.56. The normalized spacial score (nSPS) is 22.4. The van der Waals surface area contributed by atoms with Crippen LogP contribution in [0.5, 0.6) is 5.75 Å². The summed E-state index contributed by atoms with van der Waals surface area (Å²) in [6.07, 6.45) is 3.20. The number of Topliss-reactive ketones (excluding diaryl/α,β-unsaturated/α-hetero) is 1. The zero-order valence-corrected chi connectivity index (χ0v) is 18.0. The average molecular weight is 450 g/mol. The van der Waals surface area contributed by atoms with E-state index >= 15 is 0 Å². The van der Waals surface area contributed by atoms with Crippen molar-refractivity contribution in [2.24, 2.45) is 0 Å². The van der Waals surface area contributed by atoms with Gasteiger partial charge in [-0.3, -0.25) is 9.59 Å². The van der Waals surface area contributed by atoms with Gasteiger partial charge in [-0.05, 0) is 37.1 Å². The van der Waals surface area contributed by atoms with Crippen molar-refractivity contribution in [3.05, 3.63) is 71.2 Å². The second-order valence-corrected chi connectivity index (χ2v) is 8.22. The van der Waals surface area contributed by atoms with Crippen molar-refractivity contribution < 1.29 is 28.6 Å². The Hall–Kier alpha value is -3.65. The number of rotatable bonds is 5. The standard InChI is InChI=1S/C25H23FN2O5/c1-32-20-9-8-14(26)11-17(20)23(29)21-22(18-12-27-19-7-3-2-6-16(18)19)28(25(31)24(21)30)13-15-5-4-10-33-15/h2-3,6-9,11-12,15,22,27,29H,4-5,10,13H2,1H3/b23-21+. The van der Waals surface area contributed by atoms with Crippen molar-refractivity contribution in [2.75, 3.05) is 20.3 Å². The number of benzene rings is 2. The summed E-state index contributed by atoms with van der Waals surface area (Å²) in [4.78, 5) is 31.0. The highest BCUT2D eigenvalue weighted by Gasteiger charge is 2.48. The topological polar surface area (TPSA) is 91.9 Å². The molecule has 0 aliphatic carbocycles. The Morgan fingerprint density at radius 2 is 2.09 bits per heavy atom. The van der Waals surface area contributed by atoms with Crippen molar-refractivity contribution in [3.8, 4) is 5.75 Å². The Morgan fingerprint density at radius 3 is 2.85 bits per heavy atom. The van der Waals surface area contributed by atoms with Gasteiger partial charge >= 0.3 is 0 Å². The van der Waals surface area contributed by atoms with Crippen LogP contribution in [0.2, 0.25) is 0 Å². The van der Waals surface area contributed by atoms with Crippen LogP contribution in [0.4, 0.5) is 4.39 Å². The van der Waals surface area contributed by atoms with Gasteiger partial charge in [0.25, 0.3) is 11.7 Å². The first-order chi connectivity index (χ1) is 16.0. The Morgan fingerprint density at radius 1 is 1.27 bits per heavy atom. The van der Waals surface area contributed by atoms with E-state index in [2.05, 4.69) is 4.98 Å². The molecule has 33 heavy (non-hydrogen) atoms. The van der Waals surface area contributed by atoms with Gasteiger partial charge in [0.2, 0.25) is 0 Å². The Bertz CT molecular complexity index is 1270. The molecule has 2 aliphatic rings. The van der Waals surface area contributed by atoms with E-state index in [1.54, 1.807) is 6.20 Å². The van der Waals surface area contributed by atoms with E-state index < -0.39 is 29.3 Å². The molecule has 0 radical (unpaired) electrons. The molecule has 170 valence electrons. The molecule has 2 aliphatic heterocycles. The van der Waals surface area contributed by atoms with Gasteiger partial charge in [0, 0.05) is 35.8 Å². The van der Waals surface area contributed by atoms with Crippen LogP contribution in [0.15, 0.2) is 54.2 Å². The lowest BCUT2D eigenvalue weighted by Gasteiger charge is -2.27. The number of hydrogen-bond acceptors (Lipinski definition) is 5. The number of para-hydroxylation sites is 1. The summed E-state index contributed by atoms with van der Waals surface area (Å²) in [5.41, 5.74) is 1.40. The molecule has 2 aromatic carbocycles. The van der Waals surface area contributed by atoms with E-state index in [0.717, 1.165) is 29.8 Å². The molecule has 5 rings (SSSR count). The lowest BCUT2D eigenvalue weighted by Crippen LogP contribution is -2.36. The van der Waals surface area contributed by atoms with Gasteiger partial charge in [-0.2, -0.15) is 0 Å². The van der Waals surface area contributed by atoms with Crippen LogP contribution in [-0.2, 0) is 14.3 Å². The van der Waals surface area contributed by atoms with Crippen molar-refractivity contribution in [1.29, 1.82) is 0 Å². The molecule has 3 heterocycles. The van der Waals surface area contributed by atoms with Crippen LogP contribution in [0.25, 0.3) is 16.7 Å². The van der Waals surface area contributed by atoms with E-state index in [1.165, 1.54) is 24.1 Å². The lowest BCUT2D eigenvalue weighted by molar-refractivity contribution is -0.140. The Kier molecular flexibility index (Phi) is 5.38. The number of H-pyrrole nitrogens is 1. The van der Waals surface area contributed by atoms with Crippen molar-refractivity contribution in [3.63, 3.8) is 0 Å². The van der Waals surface area contributed by atoms with E-state index in [-0.39, 0.29) is 29.5 Å². The van der Waals surface area contributed by atoms with Crippen LogP contribution in [-0.4, -0.2) is 53.0 Å². The quantitative estimate of drug-likeness (QED) is 0.349. The number of nitrogens with one attached hydrogen (secondary N) is 1. The summed E-state index contributed by atoms with van der Waals surface area (Å²) in [5, 5.41) is 12.1. The number of nitrogens with zero attached hydrogens (tertiary/aromatic N) is 1. The molecule has 7 nitrogen and oxygen atoms in total. The first-order valence-electron chi connectivity index (χ1n) is 10.8. The Labute approximate surface area is 189 Å². The largest absolute Gasteiger partial charge is 0.507 e. The first-order valence-corrected chi connectivity index (χ1v) is 10.8. The summed E-state index contributed by atoms with van der Waals surface area (Å²) >= 11 is 0. The number of aliphatic hydroxyl groups is 1. The predicted molar refractivity (Wildman–Crippen MR) is 119 cm³/mol. The molecule has 1 aromatic heterocycles. The summed E-state index contributed by atoms with van der Waals surface area (Å²) < 4.78 is 25.1. The SMILES string of the molecule is COc1ccc(F)cc1/C(O)=C1\C(=O)C(=O)N(CC2CCCO2)C1c1c[nH]c2ccccc12. The number of likely N-dealkylation sites (tertiary alicyclic amines) is 1. The maximum Gasteiger partial charge on any atom is 0.295 e. The van der Waals surface area contributed by atoms with E-state index in [1.807, 2.05) is 24.3 Å². The van der Waals surface area contributed by atoms with Crippen molar-refractivity contribution >= 4 is 28.4 Å². The minimum absolute atomic E-state index is 0.0115. The predicted octanol–water partition coefficient (Wildman–Crippen LogP) is 3.92. The average Bonchev–Trinajstić information content (AvgIpc) is 3.54. The van der Waals surface area contributed by atoms with Gasteiger partial charge in [0.15, 0.2) is 0 Å². The monoisotopic (exact) mass is 450 g/mol. The number of amides is 1. The van der Waals surface area contributed by atoms with Gasteiger partial charge < -0.3 is 24.5 Å². The van der Waals surface area contributed by atoms with E-state index in [0.29, 0.717) is 12.2 Å². The molecule has 2 saturated heterocycles. The molecule has 2 fully saturated rings. The summed E-state index contributed by atoms with van der Waals surface area (Å²) in [5.74, 6) is -2.44. The lowest BCUT2D eigenvalue weighted by atomic mass is 9.94. The molecule has 1 amide bonds. The van der Waals surface area contributed by atoms with Gasteiger partial charge in [-0.1, -0.05) is 18.2 Å². The molecular weight excluding hydrogens is 427 g/mol. The number of ether oxygens (including phenoxy) is 2. The molecule has 2 atom stereocenters. The number of carbonyl (C=O) groups is 2. The number of halogens is 1. The molecular formula is C25H23FN2O5. The number of aliphatic hydroxyl groups excluding tert-OH is 1. The third-order valence-electron chi connectivity index (χ3n) is 6.30. The minimum atomic E-state index is -0.863. The molecule has 8 heteroatoms. The smallest absolute Gasteiger partial charge is 0.295 e. The van der Waals surface area contributed by atoms with Crippen LogP contribution < -0.4 is 4.74 Å². The minimum Gasteiger partial charge on any atom is -0.507 e. The zero-order valence-electron chi connectivity index (χ0n) is 18.0. The van der Waals surface area contributed by atoms with Crippen LogP contribution in [0, 0.1) is 5.82 Å². The second kappa shape index (κ2) is 8.37. The number of methoxy groups -OCH3 is 1. The van der Waals surface area contributed by atoms with E-state index in [4.69, 9.17) is 9.47 Å². The van der Waals surface area contributed by atoms with Crippen molar-refractivity contribution in [2.45, 2.75) is 25.0 Å². The zero-order chi connectivity index (χ0) is 23.1. The first kappa shape index (κ1) is 21.2. The fourth-order valence-electron chi connectivity index (χ4n) is 4.73. The fraction of sp³-hybridized carbons (Fsp3) is 0.280. The van der Waals surface area contributed by atoms with Gasteiger partial charge in [-0.15, -0.1) is 0 Å². The molecule has 3 aromatic rings. The number of hydrogen-bond donors (Lipinski definition) is 2. The second-order valence-electron chi connectivity index (χ2n) is 8.22. The fourth-order valence-corrected chi connectivity index (χ4v) is 4.73. The highest BCUT2D eigenvalue weighted by molar-refractivity contribution is 6.46. The van der Waals surface area contributed by atoms with Crippen LogP contribution in [0.3, 0.4) is 0 Å². The van der Waals surface area contributed by atoms with Crippen LogP contribution >= 0.6 is 0 Å². The van der Waals surface area contributed by atoms with Crippen LogP contribution in [0.1, 0.15) is 30.0 Å². The van der Waals surface area contributed by atoms with E-state index in [9.17, 15) is 19.1 Å². The highest BCUT2D eigenvalue weighted by Crippen LogP contribution is 2.43. The van der Waals surface area contributed by atoms with Crippen molar-refractivity contribution in [1.82, 2.24) is 9.88 Å². The maximum absolute atomic E-state index is 14.1. The Balaban J connectivity index is 1.71. The summed E-state index contributed by atoms with van der Waals surface area (Å²) in [7, 11) is 1.39. The number of aromatic nitrogens is 1. The number of carbonyl (C=O) groups excluding carboxylic acids is 2. The number of ketones is 1. The molecule has 2 unspecified atom stereocenters. The van der Waals surface area contributed by atoms with Gasteiger partial charge in [0.05, 0.1) is 30.4 Å². The summed E-state index contributed by atoms with van der Waals surface area (Å²) in [6, 6.07) is 10.3. The highest BCUT2D eigenvalue weighted by atomic mass is 19.1. The third-order valence-corrected chi connectivity index (χ3v) is 6.30. The number of fused-ring (bicyclic) bond motifs is 1. The molecule has 0 saturated carbocycles. The number of aromatic amines is 1. The van der Waals surface area contributed by atoms with Gasteiger partial charge in [-0.25, -0.2) is 4.39 Å². The molecule has 0 bridgehead atoms. The molecule has 0 spiro atoms. The molecule has 2 N–H and O–H groups in total. The summed E-state index contributed by atoms with van der Waals surface area (Å²) in [6.45, 7) is 0.818. The van der Waals surface area contributed by atoms with Gasteiger partial charge in [0.1, 0.15) is 17.3 Å². The maximum atomic E-state index is 14.1.